The number of rotatable bonds is 10. The molecule has 3 rings (SSSR count). The third-order valence-corrected chi connectivity index (χ3v) is 7.98. The lowest BCUT2D eigenvalue weighted by molar-refractivity contribution is -0.140. The molecule has 3 aromatic rings. The molecule has 0 aliphatic heterocycles. The number of anilines is 1. The molecular formula is C30H36FN3O5S. The summed E-state index contributed by atoms with van der Waals surface area (Å²) < 4.78 is 48.7. The van der Waals surface area contributed by atoms with Gasteiger partial charge in [-0.3, -0.25) is 13.9 Å². The number of hydrogen-bond donors (Lipinski definition) is 1. The van der Waals surface area contributed by atoms with Gasteiger partial charge in [0, 0.05) is 23.7 Å². The number of nitrogens with one attached hydrogen (secondary N) is 1. The minimum Gasteiger partial charge on any atom is -0.497 e. The minimum atomic E-state index is -4.22. The predicted molar refractivity (Wildman–Crippen MR) is 153 cm³/mol. The van der Waals surface area contributed by atoms with E-state index < -0.39 is 45.8 Å². The number of carbonyl (C=O) groups excluding carboxylic acids is 2. The molecule has 0 saturated carbocycles. The van der Waals surface area contributed by atoms with Crippen LogP contribution in [0, 0.1) is 12.7 Å². The van der Waals surface area contributed by atoms with E-state index in [0.29, 0.717) is 5.75 Å². The third kappa shape index (κ3) is 7.59. The Morgan fingerprint density at radius 2 is 1.65 bits per heavy atom. The Morgan fingerprint density at radius 1 is 1.00 bits per heavy atom. The summed E-state index contributed by atoms with van der Waals surface area (Å²) in [4.78, 5) is 28.2. The van der Waals surface area contributed by atoms with Crippen molar-refractivity contribution in [2.75, 3.05) is 18.0 Å². The molecule has 0 aliphatic rings. The summed E-state index contributed by atoms with van der Waals surface area (Å²) in [6, 6.07) is 17.5. The second kappa shape index (κ2) is 12.5. The number of nitrogens with zero attached hydrogens (tertiary/aromatic N) is 2. The fourth-order valence-corrected chi connectivity index (χ4v) is 5.40. The van der Waals surface area contributed by atoms with Gasteiger partial charge in [0.15, 0.2) is 0 Å². The number of carbonyl (C=O) groups is 2. The molecule has 10 heteroatoms. The van der Waals surface area contributed by atoms with Gasteiger partial charge in [-0.1, -0.05) is 42.0 Å². The molecule has 3 aromatic carbocycles. The Bertz CT molecular complexity index is 1450. The van der Waals surface area contributed by atoms with Crippen LogP contribution in [-0.4, -0.2) is 50.4 Å². The van der Waals surface area contributed by atoms with Gasteiger partial charge in [-0.2, -0.15) is 0 Å². The Hall–Kier alpha value is -3.92. The average molecular weight is 570 g/mol. The summed E-state index contributed by atoms with van der Waals surface area (Å²) in [5, 5.41) is 2.84. The van der Waals surface area contributed by atoms with Gasteiger partial charge in [-0.25, -0.2) is 12.8 Å². The Labute approximate surface area is 235 Å². The number of methoxy groups -OCH3 is 1. The maximum atomic E-state index is 14.6. The summed E-state index contributed by atoms with van der Waals surface area (Å²) in [5.41, 5.74) is 0.684. The summed E-state index contributed by atoms with van der Waals surface area (Å²) in [5.74, 6) is -1.28. The predicted octanol–water partition coefficient (Wildman–Crippen LogP) is 4.67. The van der Waals surface area contributed by atoms with Crippen molar-refractivity contribution < 1.29 is 27.1 Å². The molecule has 0 spiro atoms. The van der Waals surface area contributed by atoms with Crippen LogP contribution < -0.4 is 14.4 Å². The molecule has 1 N–H and O–H groups in total. The lowest BCUT2D eigenvalue weighted by Gasteiger charge is -2.33. The summed E-state index contributed by atoms with van der Waals surface area (Å²) in [6.07, 6.45) is 0. The molecule has 0 fully saturated rings. The van der Waals surface area contributed by atoms with Crippen LogP contribution in [0.3, 0.4) is 0 Å². The van der Waals surface area contributed by atoms with E-state index >= 15 is 0 Å². The number of aryl methyl sites for hydroxylation is 1. The van der Waals surface area contributed by atoms with Crippen molar-refractivity contribution in [2.45, 2.75) is 57.6 Å². The van der Waals surface area contributed by atoms with Gasteiger partial charge in [0.1, 0.15) is 24.2 Å². The lowest BCUT2D eigenvalue weighted by Crippen LogP contribution is -2.54. The minimum absolute atomic E-state index is 0.00658. The molecule has 0 aromatic heterocycles. The highest BCUT2D eigenvalue weighted by Gasteiger charge is 2.33. The van der Waals surface area contributed by atoms with Gasteiger partial charge < -0.3 is 15.0 Å². The van der Waals surface area contributed by atoms with E-state index in [2.05, 4.69) is 5.32 Å². The van der Waals surface area contributed by atoms with E-state index in [1.807, 2.05) is 6.92 Å². The van der Waals surface area contributed by atoms with Crippen LogP contribution in [-0.2, 0) is 26.2 Å². The second-order valence-electron chi connectivity index (χ2n) is 10.6. The van der Waals surface area contributed by atoms with Crippen LogP contribution in [0.15, 0.2) is 77.7 Å². The molecule has 214 valence electrons. The van der Waals surface area contributed by atoms with Crippen molar-refractivity contribution in [2.24, 2.45) is 0 Å². The normalized spacial score (nSPS) is 12.4. The molecule has 1 atom stereocenters. The van der Waals surface area contributed by atoms with Crippen LogP contribution in [0.4, 0.5) is 10.1 Å². The Morgan fingerprint density at radius 3 is 2.25 bits per heavy atom. The van der Waals surface area contributed by atoms with Crippen molar-refractivity contribution in [1.29, 1.82) is 0 Å². The smallest absolute Gasteiger partial charge is 0.264 e. The van der Waals surface area contributed by atoms with Crippen LogP contribution in [0.2, 0.25) is 0 Å². The van der Waals surface area contributed by atoms with Crippen molar-refractivity contribution in [1.82, 2.24) is 10.2 Å². The fourth-order valence-electron chi connectivity index (χ4n) is 4.00. The number of halogens is 1. The zero-order chi connectivity index (χ0) is 29.7. The van der Waals surface area contributed by atoms with Crippen molar-refractivity contribution in [3.8, 4) is 5.75 Å². The van der Waals surface area contributed by atoms with Gasteiger partial charge >= 0.3 is 0 Å². The van der Waals surface area contributed by atoms with E-state index in [0.717, 1.165) is 9.87 Å². The first kappa shape index (κ1) is 30.6. The Kier molecular flexibility index (Phi) is 9.57. The highest BCUT2D eigenvalue weighted by molar-refractivity contribution is 7.92. The topological polar surface area (TPSA) is 96.0 Å². The molecule has 0 radical (unpaired) electrons. The fraction of sp³-hybridized carbons (Fsp3) is 0.333. The average Bonchev–Trinajstić information content (AvgIpc) is 2.90. The first-order valence-electron chi connectivity index (χ1n) is 12.8. The molecule has 0 aliphatic carbocycles. The highest BCUT2D eigenvalue weighted by atomic mass is 32.2. The molecule has 8 nitrogen and oxygen atoms in total. The number of hydrogen-bond acceptors (Lipinski definition) is 5. The zero-order valence-electron chi connectivity index (χ0n) is 23.6. The third-order valence-electron chi connectivity index (χ3n) is 6.19. The maximum Gasteiger partial charge on any atom is 0.264 e. The highest BCUT2D eigenvalue weighted by Crippen LogP contribution is 2.28. The van der Waals surface area contributed by atoms with E-state index in [4.69, 9.17) is 4.74 Å². The van der Waals surface area contributed by atoms with E-state index in [-0.39, 0.29) is 22.7 Å². The van der Waals surface area contributed by atoms with E-state index in [1.165, 1.54) is 55.3 Å². The van der Waals surface area contributed by atoms with Crippen molar-refractivity contribution in [3.63, 3.8) is 0 Å². The second-order valence-corrected chi connectivity index (χ2v) is 12.4. The van der Waals surface area contributed by atoms with Crippen molar-refractivity contribution in [3.05, 3.63) is 89.7 Å². The van der Waals surface area contributed by atoms with Gasteiger partial charge in [-0.15, -0.1) is 0 Å². The van der Waals surface area contributed by atoms with Crippen LogP contribution in [0.25, 0.3) is 0 Å². The summed E-state index contributed by atoms with van der Waals surface area (Å²) in [6.45, 7) is 7.91. The number of ether oxygens (including phenoxy) is 1. The van der Waals surface area contributed by atoms with Crippen LogP contribution in [0.1, 0.15) is 38.8 Å². The lowest BCUT2D eigenvalue weighted by atomic mass is 10.1. The first-order chi connectivity index (χ1) is 18.7. The molecule has 0 heterocycles. The first-order valence-corrected chi connectivity index (χ1v) is 14.3. The summed E-state index contributed by atoms with van der Waals surface area (Å²) in [7, 11) is -2.77. The molecule has 2 amide bonds. The van der Waals surface area contributed by atoms with Gasteiger partial charge in [0.2, 0.25) is 11.8 Å². The number of benzene rings is 3. The molecule has 0 unspecified atom stereocenters. The quantitative estimate of drug-likeness (QED) is 0.383. The largest absolute Gasteiger partial charge is 0.497 e. The van der Waals surface area contributed by atoms with Crippen LogP contribution >= 0.6 is 0 Å². The number of sulfonamides is 1. The monoisotopic (exact) mass is 569 g/mol. The summed E-state index contributed by atoms with van der Waals surface area (Å²) >= 11 is 0. The number of amides is 2. The van der Waals surface area contributed by atoms with Gasteiger partial charge in [-0.05, 0) is 65.0 Å². The Balaban J connectivity index is 2.07. The molecule has 0 saturated heterocycles. The molecule has 0 bridgehead atoms. The molecular weight excluding hydrogens is 533 g/mol. The van der Waals surface area contributed by atoms with Gasteiger partial charge in [0.05, 0.1) is 17.7 Å². The maximum absolute atomic E-state index is 14.6. The molecule has 40 heavy (non-hydrogen) atoms. The van der Waals surface area contributed by atoms with Gasteiger partial charge in [0.25, 0.3) is 10.0 Å². The van der Waals surface area contributed by atoms with Crippen LogP contribution in [0.5, 0.6) is 5.75 Å². The standard InChI is InChI=1S/C30H36FN3O5S/c1-21-14-16-26(17-15-21)40(37,38)34(24-11-9-12-25(18-24)39-6)20-28(35)33(19-23-10-7-8-13-27(23)31)22(2)29(36)32-30(3,4)5/h7-18,22H,19-20H2,1-6H3,(H,32,36)/t22-/m1/s1. The van der Waals surface area contributed by atoms with E-state index in [9.17, 15) is 22.4 Å². The SMILES string of the molecule is COc1cccc(N(CC(=O)N(Cc2ccccc2F)[C@H](C)C(=O)NC(C)(C)C)S(=O)(=O)c2ccc(C)cc2)c1. The van der Waals surface area contributed by atoms with E-state index in [1.54, 1.807) is 57.2 Å². The van der Waals surface area contributed by atoms with Crippen molar-refractivity contribution >= 4 is 27.5 Å². The zero-order valence-corrected chi connectivity index (χ0v) is 24.5.